The molecule has 1 rings (SSSR count). The third-order valence-corrected chi connectivity index (χ3v) is 3.00. The average Bonchev–Trinajstić information content (AvgIpc) is 2.43. The number of rotatable bonds is 9. The van der Waals surface area contributed by atoms with Gasteiger partial charge in [-0.15, -0.1) is 0 Å². The van der Waals surface area contributed by atoms with Crippen LogP contribution in [0.5, 0.6) is 5.75 Å². The summed E-state index contributed by atoms with van der Waals surface area (Å²) in [5.74, 6) is -1.35. The third kappa shape index (κ3) is 5.43. The molecule has 21 heavy (non-hydrogen) atoms. The minimum absolute atomic E-state index is 0.105. The summed E-state index contributed by atoms with van der Waals surface area (Å²) >= 11 is 0. The minimum atomic E-state index is -1.02. The van der Waals surface area contributed by atoms with Crippen LogP contribution < -0.4 is 4.74 Å². The molecule has 0 heterocycles. The highest BCUT2D eigenvalue weighted by Gasteiger charge is 2.25. The van der Waals surface area contributed by atoms with Crippen molar-refractivity contribution in [3.05, 3.63) is 29.8 Å². The van der Waals surface area contributed by atoms with E-state index in [0.29, 0.717) is 17.9 Å². The fourth-order valence-corrected chi connectivity index (χ4v) is 1.98. The first-order valence-electron chi connectivity index (χ1n) is 6.83. The number of hydrogen-bond donors (Lipinski definition) is 2. The van der Waals surface area contributed by atoms with E-state index in [9.17, 15) is 14.7 Å². The molecule has 0 saturated carbocycles. The molecule has 1 unspecified atom stereocenters. The van der Waals surface area contributed by atoms with Crippen LogP contribution >= 0.6 is 0 Å². The van der Waals surface area contributed by atoms with Crippen LogP contribution in [0, 0.1) is 0 Å². The summed E-state index contributed by atoms with van der Waals surface area (Å²) in [6.07, 6.45) is 0.761. The smallest absolute Gasteiger partial charge is 0.325 e. The number of carbonyl (C=O) groups is 2. The number of hydrogen-bond acceptors (Lipinski definition) is 4. The molecular weight excluding hydrogens is 274 g/mol. The van der Waals surface area contributed by atoms with Crippen molar-refractivity contribution >= 4 is 11.9 Å². The Morgan fingerprint density at radius 2 is 2.05 bits per heavy atom. The van der Waals surface area contributed by atoms with Gasteiger partial charge >= 0.3 is 11.9 Å². The van der Waals surface area contributed by atoms with Crippen LogP contribution in [0.1, 0.15) is 31.4 Å². The van der Waals surface area contributed by atoms with Gasteiger partial charge in [0.05, 0.1) is 13.0 Å². The lowest BCUT2D eigenvalue weighted by atomic mass is 10.1. The molecule has 6 nitrogen and oxygen atoms in total. The van der Waals surface area contributed by atoms with Crippen molar-refractivity contribution < 1.29 is 24.5 Å². The molecule has 0 aliphatic carbocycles. The molecule has 116 valence electrons. The SMILES string of the molecule is CCCOc1cccc(C(C(=O)O)N(C)CCC(=O)O)c1. The highest BCUT2D eigenvalue weighted by Crippen LogP contribution is 2.24. The van der Waals surface area contributed by atoms with E-state index in [1.807, 2.05) is 6.92 Å². The zero-order valence-corrected chi connectivity index (χ0v) is 12.3. The van der Waals surface area contributed by atoms with Gasteiger partial charge in [0, 0.05) is 6.54 Å². The lowest BCUT2D eigenvalue weighted by Crippen LogP contribution is -2.32. The summed E-state index contributed by atoms with van der Waals surface area (Å²) < 4.78 is 5.50. The Bertz CT molecular complexity index is 489. The number of aliphatic carboxylic acids is 2. The van der Waals surface area contributed by atoms with Crippen molar-refractivity contribution in [1.82, 2.24) is 4.90 Å². The summed E-state index contributed by atoms with van der Waals surface area (Å²) in [4.78, 5) is 23.6. The van der Waals surface area contributed by atoms with Gasteiger partial charge in [-0.2, -0.15) is 0 Å². The summed E-state index contributed by atoms with van der Waals surface area (Å²) in [6, 6.07) is 6.01. The molecule has 1 aromatic rings. The van der Waals surface area contributed by atoms with Crippen molar-refractivity contribution in [1.29, 1.82) is 0 Å². The number of carboxylic acid groups (broad SMARTS) is 2. The second kappa shape index (κ2) is 8.26. The topological polar surface area (TPSA) is 87.1 Å². The zero-order valence-electron chi connectivity index (χ0n) is 12.3. The van der Waals surface area contributed by atoms with Gasteiger partial charge in [0.25, 0.3) is 0 Å². The summed E-state index contributed by atoms with van der Waals surface area (Å²) in [7, 11) is 1.60. The molecule has 0 aliphatic heterocycles. The predicted octanol–water partition coefficient (Wildman–Crippen LogP) is 2.01. The lowest BCUT2D eigenvalue weighted by molar-refractivity contribution is -0.144. The van der Waals surface area contributed by atoms with E-state index in [1.54, 1.807) is 31.3 Å². The number of benzene rings is 1. The molecule has 2 N–H and O–H groups in total. The number of ether oxygens (including phenoxy) is 1. The molecule has 0 spiro atoms. The Kier molecular flexibility index (Phi) is 6.68. The largest absolute Gasteiger partial charge is 0.494 e. The summed E-state index contributed by atoms with van der Waals surface area (Å²) in [5.41, 5.74) is 0.573. The van der Waals surface area contributed by atoms with Gasteiger partial charge in [-0.25, -0.2) is 0 Å². The van der Waals surface area contributed by atoms with E-state index in [1.165, 1.54) is 4.90 Å². The summed E-state index contributed by atoms with van der Waals surface area (Å²) in [6.45, 7) is 2.71. The quantitative estimate of drug-likeness (QED) is 0.724. The number of nitrogens with zero attached hydrogens (tertiary/aromatic N) is 1. The monoisotopic (exact) mass is 295 g/mol. The third-order valence-electron chi connectivity index (χ3n) is 3.00. The van der Waals surface area contributed by atoms with Crippen LogP contribution in [0.25, 0.3) is 0 Å². The highest BCUT2D eigenvalue weighted by atomic mass is 16.5. The minimum Gasteiger partial charge on any atom is -0.494 e. The van der Waals surface area contributed by atoms with Gasteiger partial charge in [-0.05, 0) is 31.2 Å². The normalized spacial score (nSPS) is 12.1. The molecule has 1 atom stereocenters. The van der Waals surface area contributed by atoms with Crippen molar-refractivity contribution in [3.8, 4) is 5.75 Å². The molecule has 0 fully saturated rings. The Morgan fingerprint density at radius 1 is 1.33 bits per heavy atom. The zero-order chi connectivity index (χ0) is 15.8. The average molecular weight is 295 g/mol. The van der Waals surface area contributed by atoms with E-state index in [4.69, 9.17) is 9.84 Å². The highest BCUT2D eigenvalue weighted by molar-refractivity contribution is 5.76. The van der Waals surface area contributed by atoms with Crippen LogP contribution in [-0.2, 0) is 9.59 Å². The Balaban J connectivity index is 2.89. The van der Waals surface area contributed by atoms with Crippen molar-refractivity contribution in [2.45, 2.75) is 25.8 Å². The maximum Gasteiger partial charge on any atom is 0.325 e. The fraction of sp³-hybridized carbons (Fsp3) is 0.467. The van der Waals surface area contributed by atoms with Crippen LogP contribution in [0.15, 0.2) is 24.3 Å². The first kappa shape index (κ1) is 17.0. The van der Waals surface area contributed by atoms with E-state index in [0.717, 1.165) is 6.42 Å². The van der Waals surface area contributed by atoms with Gasteiger partial charge < -0.3 is 14.9 Å². The number of likely N-dealkylation sites (N-methyl/N-ethyl adjacent to an activating group) is 1. The molecule has 0 aliphatic rings. The molecule has 1 aromatic carbocycles. The van der Waals surface area contributed by atoms with E-state index in [-0.39, 0.29) is 13.0 Å². The van der Waals surface area contributed by atoms with Gasteiger partial charge in [-0.1, -0.05) is 19.1 Å². The summed E-state index contributed by atoms with van der Waals surface area (Å²) in [5, 5.41) is 18.1. The predicted molar refractivity (Wildman–Crippen MR) is 77.5 cm³/mol. The van der Waals surface area contributed by atoms with Crippen LogP contribution in [0.4, 0.5) is 0 Å². The molecule has 0 saturated heterocycles. The lowest BCUT2D eigenvalue weighted by Gasteiger charge is -2.24. The van der Waals surface area contributed by atoms with Crippen molar-refractivity contribution in [2.75, 3.05) is 20.2 Å². The first-order chi connectivity index (χ1) is 9.95. The Morgan fingerprint density at radius 3 is 2.62 bits per heavy atom. The van der Waals surface area contributed by atoms with Gasteiger partial charge in [0.2, 0.25) is 0 Å². The molecule has 0 amide bonds. The van der Waals surface area contributed by atoms with Crippen molar-refractivity contribution in [3.63, 3.8) is 0 Å². The molecule has 0 radical (unpaired) electrons. The maximum absolute atomic E-state index is 11.5. The molecular formula is C15H21NO5. The maximum atomic E-state index is 11.5. The molecule has 0 bridgehead atoms. The van der Waals surface area contributed by atoms with Crippen LogP contribution in [0.3, 0.4) is 0 Å². The fourth-order valence-electron chi connectivity index (χ4n) is 1.98. The second-order valence-electron chi connectivity index (χ2n) is 4.79. The van der Waals surface area contributed by atoms with E-state index in [2.05, 4.69) is 0 Å². The van der Waals surface area contributed by atoms with Gasteiger partial charge in [0.1, 0.15) is 11.8 Å². The molecule has 6 heteroatoms. The number of carboxylic acids is 2. The standard InChI is InChI=1S/C15H21NO5/c1-3-9-21-12-6-4-5-11(10-12)14(15(19)20)16(2)8-7-13(17)18/h4-6,10,14H,3,7-9H2,1-2H3,(H,17,18)(H,19,20). The van der Waals surface area contributed by atoms with Crippen molar-refractivity contribution in [2.24, 2.45) is 0 Å². The first-order valence-corrected chi connectivity index (χ1v) is 6.83. The van der Waals surface area contributed by atoms with Gasteiger partial charge in [0.15, 0.2) is 0 Å². The van der Waals surface area contributed by atoms with Gasteiger partial charge in [-0.3, -0.25) is 14.5 Å². The van der Waals surface area contributed by atoms with Crippen LogP contribution in [0.2, 0.25) is 0 Å². The van der Waals surface area contributed by atoms with Crippen LogP contribution in [-0.4, -0.2) is 47.3 Å². The second-order valence-corrected chi connectivity index (χ2v) is 4.79. The van der Waals surface area contributed by atoms with E-state index < -0.39 is 18.0 Å². The Labute approximate surface area is 124 Å². The molecule has 0 aromatic heterocycles. The van der Waals surface area contributed by atoms with E-state index >= 15 is 0 Å². The Hall–Kier alpha value is -2.08.